The van der Waals surface area contributed by atoms with Crippen molar-refractivity contribution >= 4 is 56.7 Å². The van der Waals surface area contributed by atoms with Crippen molar-refractivity contribution in [2.24, 2.45) is 0 Å². The van der Waals surface area contributed by atoms with Gasteiger partial charge in [-0.05, 0) is 59.8 Å². The zero-order valence-electron chi connectivity index (χ0n) is 14.2. The topological polar surface area (TPSA) is 34.9 Å². The maximum absolute atomic E-state index is 13.4. The Bertz CT molecular complexity index is 1210. The molecule has 0 aliphatic carbocycles. The quantitative estimate of drug-likeness (QED) is 0.300. The normalized spacial score (nSPS) is 11.1. The first-order valence-corrected chi connectivity index (χ1v) is 10.0. The molecule has 0 amide bonds. The summed E-state index contributed by atoms with van der Waals surface area (Å²) in [6, 6.07) is 18.6. The fourth-order valence-electron chi connectivity index (χ4n) is 2.96. The van der Waals surface area contributed by atoms with Crippen LogP contribution in [0.25, 0.3) is 28.0 Å². The molecule has 0 spiro atoms. The molecule has 0 radical (unpaired) electrons. The number of nitrogens with zero attached hydrogens (tertiary/aromatic N) is 2. The lowest BCUT2D eigenvalue weighted by Gasteiger charge is -2.16. The summed E-state index contributed by atoms with van der Waals surface area (Å²) in [6.45, 7) is 2.01. The molecule has 0 atom stereocenters. The van der Waals surface area contributed by atoms with Crippen molar-refractivity contribution in [1.29, 1.82) is 0 Å². The van der Waals surface area contributed by atoms with E-state index in [0.29, 0.717) is 32.5 Å². The number of rotatable bonds is 2. The minimum Gasteiger partial charge on any atom is -0.268 e. The van der Waals surface area contributed by atoms with Gasteiger partial charge in [0.15, 0.2) is 0 Å². The second-order valence-electron chi connectivity index (χ2n) is 6.17. The molecule has 6 heteroatoms. The first kappa shape index (κ1) is 18.5. The van der Waals surface area contributed by atoms with Crippen LogP contribution in [-0.2, 0) is 0 Å². The summed E-state index contributed by atoms with van der Waals surface area (Å²) in [5.74, 6) is 0.503. The van der Waals surface area contributed by atoms with Crippen molar-refractivity contribution < 1.29 is 0 Å². The molecular formula is C21H13Cl2IN2O. The van der Waals surface area contributed by atoms with Gasteiger partial charge in [0.1, 0.15) is 5.82 Å². The molecule has 0 aliphatic rings. The first-order chi connectivity index (χ1) is 13.0. The fraction of sp³-hybridized carbons (Fsp3) is 0.0476. The van der Waals surface area contributed by atoms with Crippen molar-refractivity contribution in [2.45, 2.75) is 6.92 Å². The largest absolute Gasteiger partial charge is 0.268 e. The lowest BCUT2D eigenvalue weighted by atomic mass is 10.1. The van der Waals surface area contributed by atoms with Crippen LogP contribution in [0.3, 0.4) is 0 Å². The predicted molar refractivity (Wildman–Crippen MR) is 120 cm³/mol. The minimum absolute atomic E-state index is 0.205. The minimum atomic E-state index is -0.205. The highest BCUT2D eigenvalue weighted by Gasteiger charge is 2.18. The Morgan fingerprint density at radius 2 is 1.63 bits per heavy atom. The van der Waals surface area contributed by atoms with Gasteiger partial charge < -0.3 is 0 Å². The molecule has 3 nitrogen and oxygen atoms in total. The van der Waals surface area contributed by atoms with Gasteiger partial charge in [-0.3, -0.25) is 9.36 Å². The summed E-state index contributed by atoms with van der Waals surface area (Å²) in [5.41, 5.74) is 2.81. The van der Waals surface area contributed by atoms with Crippen LogP contribution < -0.4 is 5.56 Å². The van der Waals surface area contributed by atoms with Gasteiger partial charge >= 0.3 is 0 Å². The molecule has 3 aromatic carbocycles. The first-order valence-electron chi connectivity index (χ1n) is 8.19. The summed E-state index contributed by atoms with van der Waals surface area (Å²) in [4.78, 5) is 18.2. The second-order valence-corrected chi connectivity index (χ2v) is 8.23. The Balaban J connectivity index is 2.17. The SMILES string of the molecule is Cc1ccc(-c2nc3ccc(I)cc3c(=O)n2-c2c(Cl)cccc2Cl)cc1. The van der Waals surface area contributed by atoms with Crippen molar-refractivity contribution in [3.8, 4) is 17.1 Å². The molecule has 0 fully saturated rings. The molecule has 0 bridgehead atoms. The molecule has 134 valence electrons. The molecule has 0 aliphatic heterocycles. The predicted octanol–water partition coefficient (Wildman–Crippen LogP) is 6.27. The van der Waals surface area contributed by atoms with E-state index in [2.05, 4.69) is 22.6 Å². The van der Waals surface area contributed by atoms with E-state index >= 15 is 0 Å². The average molecular weight is 507 g/mol. The van der Waals surface area contributed by atoms with Gasteiger partial charge in [-0.2, -0.15) is 0 Å². The number of fused-ring (bicyclic) bond motifs is 1. The van der Waals surface area contributed by atoms with Crippen LogP contribution in [-0.4, -0.2) is 9.55 Å². The average Bonchev–Trinajstić information content (AvgIpc) is 2.64. The van der Waals surface area contributed by atoms with Crippen molar-refractivity contribution in [3.63, 3.8) is 0 Å². The van der Waals surface area contributed by atoms with E-state index in [9.17, 15) is 4.79 Å². The van der Waals surface area contributed by atoms with Gasteiger partial charge in [-0.15, -0.1) is 0 Å². The van der Waals surface area contributed by atoms with E-state index in [1.54, 1.807) is 18.2 Å². The molecular weight excluding hydrogens is 494 g/mol. The smallest absolute Gasteiger partial charge is 0.266 e. The Hall–Kier alpha value is -1.89. The highest BCUT2D eigenvalue weighted by molar-refractivity contribution is 14.1. The molecule has 0 saturated carbocycles. The van der Waals surface area contributed by atoms with Crippen LogP contribution >= 0.6 is 45.8 Å². The standard InChI is InChI=1S/C21H13Cl2IN2O/c1-12-5-7-13(8-6-12)20-25-18-10-9-14(24)11-15(18)21(27)26(20)19-16(22)3-2-4-17(19)23/h2-11H,1H3. The van der Waals surface area contributed by atoms with Gasteiger partial charge in [0.05, 0.1) is 26.6 Å². The number of benzene rings is 3. The maximum Gasteiger partial charge on any atom is 0.266 e. The maximum atomic E-state index is 13.4. The molecule has 1 aromatic heterocycles. The van der Waals surface area contributed by atoms with E-state index < -0.39 is 0 Å². The van der Waals surface area contributed by atoms with Crippen LogP contribution in [0.1, 0.15) is 5.56 Å². The zero-order valence-corrected chi connectivity index (χ0v) is 17.9. The van der Waals surface area contributed by atoms with Crippen molar-refractivity contribution in [2.75, 3.05) is 0 Å². The van der Waals surface area contributed by atoms with Gasteiger partial charge in [-0.25, -0.2) is 4.98 Å². The summed E-state index contributed by atoms with van der Waals surface area (Å²) in [7, 11) is 0. The van der Waals surface area contributed by atoms with Crippen LogP contribution in [0.15, 0.2) is 65.5 Å². The Morgan fingerprint density at radius 1 is 0.963 bits per heavy atom. The Kier molecular flexibility index (Phi) is 4.97. The van der Waals surface area contributed by atoms with Gasteiger partial charge in [-0.1, -0.05) is 59.1 Å². The van der Waals surface area contributed by atoms with E-state index in [1.165, 1.54) is 4.57 Å². The van der Waals surface area contributed by atoms with Crippen molar-refractivity contribution in [3.05, 3.63) is 90.2 Å². The number of hydrogen-bond donors (Lipinski definition) is 0. The highest BCUT2D eigenvalue weighted by Crippen LogP contribution is 2.31. The van der Waals surface area contributed by atoms with Crippen LogP contribution in [0.4, 0.5) is 0 Å². The molecule has 0 saturated heterocycles. The third-order valence-corrected chi connectivity index (χ3v) is 5.58. The summed E-state index contributed by atoms with van der Waals surface area (Å²) >= 11 is 15.0. The lowest BCUT2D eigenvalue weighted by Crippen LogP contribution is -2.22. The Labute approximate surface area is 179 Å². The van der Waals surface area contributed by atoms with E-state index in [0.717, 1.165) is 14.7 Å². The molecule has 0 unspecified atom stereocenters. The molecule has 27 heavy (non-hydrogen) atoms. The van der Waals surface area contributed by atoms with E-state index in [1.807, 2.05) is 49.4 Å². The summed E-state index contributed by atoms with van der Waals surface area (Å²) in [6.07, 6.45) is 0. The van der Waals surface area contributed by atoms with Crippen LogP contribution in [0.5, 0.6) is 0 Å². The zero-order chi connectivity index (χ0) is 19.1. The number of aromatic nitrogens is 2. The van der Waals surface area contributed by atoms with E-state index in [4.69, 9.17) is 28.2 Å². The molecule has 0 N–H and O–H groups in total. The van der Waals surface area contributed by atoms with Crippen LogP contribution in [0, 0.1) is 10.5 Å². The van der Waals surface area contributed by atoms with Gasteiger partial charge in [0.25, 0.3) is 5.56 Å². The second kappa shape index (κ2) is 7.26. The number of para-hydroxylation sites is 1. The summed E-state index contributed by atoms with van der Waals surface area (Å²) in [5, 5.41) is 1.31. The highest BCUT2D eigenvalue weighted by atomic mass is 127. The number of halogens is 3. The third-order valence-electron chi connectivity index (χ3n) is 4.30. The molecule has 4 rings (SSSR count). The third kappa shape index (κ3) is 3.37. The lowest BCUT2D eigenvalue weighted by molar-refractivity contribution is 0.976. The van der Waals surface area contributed by atoms with E-state index in [-0.39, 0.29) is 5.56 Å². The summed E-state index contributed by atoms with van der Waals surface area (Å²) < 4.78 is 2.46. The molecule has 1 heterocycles. The van der Waals surface area contributed by atoms with Gasteiger partial charge in [0.2, 0.25) is 0 Å². The van der Waals surface area contributed by atoms with Gasteiger partial charge in [0, 0.05) is 9.13 Å². The molecule has 4 aromatic rings. The Morgan fingerprint density at radius 3 is 2.30 bits per heavy atom. The monoisotopic (exact) mass is 506 g/mol. The van der Waals surface area contributed by atoms with Crippen molar-refractivity contribution in [1.82, 2.24) is 9.55 Å². The number of aryl methyl sites for hydroxylation is 1. The fourth-order valence-corrected chi connectivity index (χ4v) is 4.02. The number of hydrogen-bond acceptors (Lipinski definition) is 2. The van der Waals surface area contributed by atoms with Crippen LogP contribution in [0.2, 0.25) is 10.0 Å².